The molecule has 0 unspecified atom stereocenters. The van der Waals surface area contributed by atoms with E-state index in [0.29, 0.717) is 18.3 Å². The minimum absolute atomic E-state index is 0.172. The maximum Gasteiger partial charge on any atom is 0.342 e. The number of hydrogen-bond donors (Lipinski definition) is 0. The van der Waals surface area contributed by atoms with Crippen LogP contribution in [0.15, 0.2) is 11.2 Å². The zero-order valence-corrected chi connectivity index (χ0v) is 13.8. The van der Waals surface area contributed by atoms with E-state index in [1.165, 1.54) is 22.7 Å². The largest absolute Gasteiger partial charge is 0.483 e. The van der Waals surface area contributed by atoms with Gasteiger partial charge in [0.25, 0.3) is 5.82 Å². The Labute approximate surface area is 138 Å². The van der Waals surface area contributed by atoms with Crippen LogP contribution in [0.5, 0.6) is 0 Å². The summed E-state index contributed by atoms with van der Waals surface area (Å²) in [5.74, 6) is 0.673. The second-order valence-electron chi connectivity index (χ2n) is 5.50. The Morgan fingerprint density at radius 2 is 2.25 bits per heavy atom. The first-order valence-electron chi connectivity index (χ1n) is 7.14. The van der Waals surface area contributed by atoms with Gasteiger partial charge in [0, 0.05) is 7.05 Å². The lowest BCUT2D eigenvalue weighted by Gasteiger charge is -2.02. The Bertz CT molecular complexity index is 826. The lowest BCUT2D eigenvalue weighted by atomic mass is 10.2. The lowest BCUT2D eigenvalue weighted by Crippen LogP contribution is -2.00. The quantitative estimate of drug-likeness (QED) is 0.345. The predicted molar refractivity (Wildman–Crippen MR) is 85.7 cm³/mol. The van der Waals surface area contributed by atoms with Gasteiger partial charge in [-0.3, -0.25) is 0 Å². The van der Waals surface area contributed by atoms with Gasteiger partial charge in [-0.15, -0.1) is 0 Å². The highest BCUT2D eigenvalue weighted by Crippen LogP contribution is 2.30. The van der Waals surface area contributed by atoms with Gasteiger partial charge in [0.15, 0.2) is 17.9 Å². The highest BCUT2D eigenvalue weighted by molar-refractivity contribution is 5.71. The van der Waals surface area contributed by atoms with Crippen LogP contribution >= 0.6 is 0 Å². The van der Waals surface area contributed by atoms with Crippen molar-refractivity contribution in [1.29, 1.82) is 5.26 Å². The fraction of sp³-hybridized carbons (Fsp3) is 0.429. The molecule has 0 amide bonds. The van der Waals surface area contributed by atoms with Gasteiger partial charge in [-0.2, -0.15) is 15.4 Å². The summed E-state index contributed by atoms with van der Waals surface area (Å²) in [6.07, 6.45) is 2.39. The van der Waals surface area contributed by atoms with E-state index >= 15 is 0 Å². The average molecular weight is 331 g/mol. The summed E-state index contributed by atoms with van der Waals surface area (Å²) in [6.45, 7) is 4.51. The van der Waals surface area contributed by atoms with Crippen LogP contribution in [0, 0.1) is 27.4 Å². The van der Waals surface area contributed by atoms with E-state index in [1.54, 1.807) is 7.05 Å². The molecule has 0 aromatic carbocycles. The molecule has 0 saturated heterocycles. The molecule has 0 spiro atoms. The molecule has 0 aliphatic rings. The maximum absolute atomic E-state index is 10.9. The molecule has 2 heterocycles. The SMILES string of the molecule is CC(C)COC=Nc1c(C#N)c(-c2ncc([N+](=O)[O-])n2C)nn1C. The summed E-state index contributed by atoms with van der Waals surface area (Å²) in [5, 5.41) is 24.6. The van der Waals surface area contributed by atoms with Crippen molar-refractivity contribution in [2.75, 3.05) is 6.61 Å². The molecular weight excluding hydrogens is 314 g/mol. The van der Waals surface area contributed by atoms with Crippen molar-refractivity contribution in [3.63, 3.8) is 0 Å². The first-order chi connectivity index (χ1) is 11.4. The van der Waals surface area contributed by atoms with E-state index in [0.717, 1.165) is 6.20 Å². The molecule has 10 heteroatoms. The van der Waals surface area contributed by atoms with E-state index < -0.39 is 4.92 Å². The second-order valence-corrected chi connectivity index (χ2v) is 5.50. The molecule has 2 aromatic heterocycles. The third-order valence-electron chi connectivity index (χ3n) is 3.17. The van der Waals surface area contributed by atoms with E-state index in [9.17, 15) is 15.4 Å². The molecule has 2 aromatic rings. The van der Waals surface area contributed by atoms with Gasteiger partial charge in [0.2, 0.25) is 0 Å². The van der Waals surface area contributed by atoms with Crippen molar-refractivity contribution in [3.8, 4) is 17.6 Å². The van der Waals surface area contributed by atoms with Crippen LogP contribution in [-0.2, 0) is 18.8 Å². The van der Waals surface area contributed by atoms with Crippen molar-refractivity contribution in [1.82, 2.24) is 19.3 Å². The Balaban J connectivity index is 2.42. The Morgan fingerprint density at radius 1 is 1.54 bits per heavy atom. The Morgan fingerprint density at radius 3 is 2.79 bits per heavy atom. The van der Waals surface area contributed by atoms with E-state index in [1.807, 2.05) is 19.9 Å². The van der Waals surface area contributed by atoms with Crippen LogP contribution in [0.3, 0.4) is 0 Å². The molecular formula is C14H17N7O3. The minimum atomic E-state index is -0.551. The first kappa shape index (κ1) is 17.1. The summed E-state index contributed by atoms with van der Waals surface area (Å²) in [5.41, 5.74) is 0.400. The zero-order chi connectivity index (χ0) is 17.9. The molecule has 0 radical (unpaired) electrons. The summed E-state index contributed by atoms with van der Waals surface area (Å²) in [6, 6.07) is 2.02. The second kappa shape index (κ2) is 6.91. The van der Waals surface area contributed by atoms with Gasteiger partial charge in [-0.1, -0.05) is 13.8 Å². The van der Waals surface area contributed by atoms with Crippen molar-refractivity contribution in [2.24, 2.45) is 25.0 Å². The fourth-order valence-electron chi connectivity index (χ4n) is 2.04. The van der Waals surface area contributed by atoms with E-state index in [4.69, 9.17) is 4.74 Å². The van der Waals surface area contributed by atoms with Gasteiger partial charge in [0.1, 0.15) is 17.8 Å². The van der Waals surface area contributed by atoms with Crippen LogP contribution in [0.25, 0.3) is 11.5 Å². The summed E-state index contributed by atoms with van der Waals surface area (Å²) < 4.78 is 7.95. The number of aryl methyl sites for hydroxylation is 1. The minimum Gasteiger partial charge on any atom is -0.483 e. The van der Waals surface area contributed by atoms with Gasteiger partial charge in [-0.25, -0.2) is 14.2 Å². The number of nitriles is 1. The number of aromatic nitrogens is 4. The Hall–Kier alpha value is -3.22. The highest BCUT2D eigenvalue weighted by atomic mass is 16.6. The monoisotopic (exact) mass is 331 g/mol. The van der Waals surface area contributed by atoms with Gasteiger partial charge >= 0.3 is 5.82 Å². The Kier molecular flexibility index (Phi) is 4.93. The van der Waals surface area contributed by atoms with Crippen molar-refractivity contribution < 1.29 is 9.66 Å². The van der Waals surface area contributed by atoms with Crippen LogP contribution in [0.4, 0.5) is 11.6 Å². The standard InChI is InChI=1S/C14H17N7O3/c1-9(2)7-24-8-17-13-10(5-15)12(18-20(13)4)14-16-6-11(19(14)3)21(22)23/h6,8-9H,7H2,1-4H3. The van der Waals surface area contributed by atoms with Gasteiger partial charge < -0.3 is 14.9 Å². The molecule has 0 aliphatic carbocycles. The topological polar surface area (TPSA) is 124 Å². The molecule has 0 bridgehead atoms. The molecule has 0 fully saturated rings. The average Bonchev–Trinajstić information content (AvgIpc) is 3.03. The maximum atomic E-state index is 10.9. The van der Waals surface area contributed by atoms with E-state index in [-0.39, 0.29) is 22.9 Å². The van der Waals surface area contributed by atoms with Crippen LogP contribution in [0.2, 0.25) is 0 Å². The smallest absolute Gasteiger partial charge is 0.342 e. The number of nitrogens with zero attached hydrogens (tertiary/aromatic N) is 7. The zero-order valence-electron chi connectivity index (χ0n) is 13.8. The number of ether oxygens (including phenoxy) is 1. The van der Waals surface area contributed by atoms with E-state index in [2.05, 4.69) is 15.1 Å². The van der Waals surface area contributed by atoms with Crippen molar-refractivity contribution in [3.05, 3.63) is 21.9 Å². The van der Waals surface area contributed by atoms with Gasteiger partial charge in [0.05, 0.1) is 13.7 Å². The van der Waals surface area contributed by atoms with Crippen LogP contribution in [0.1, 0.15) is 19.4 Å². The first-order valence-corrected chi connectivity index (χ1v) is 7.14. The van der Waals surface area contributed by atoms with Gasteiger partial charge in [-0.05, 0) is 10.8 Å². The molecule has 10 nitrogen and oxygen atoms in total. The number of rotatable bonds is 6. The number of nitro groups is 1. The molecule has 0 N–H and O–H groups in total. The predicted octanol–water partition coefficient (Wildman–Crippen LogP) is 1.93. The summed E-state index contributed by atoms with van der Waals surface area (Å²) >= 11 is 0. The number of imidazole rings is 1. The lowest BCUT2D eigenvalue weighted by molar-refractivity contribution is -0.391. The van der Waals surface area contributed by atoms with Crippen LogP contribution < -0.4 is 0 Å². The number of hydrogen-bond acceptors (Lipinski definition) is 7. The molecule has 0 saturated carbocycles. The molecule has 24 heavy (non-hydrogen) atoms. The normalized spacial score (nSPS) is 11.2. The molecule has 126 valence electrons. The molecule has 0 atom stereocenters. The summed E-state index contributed by atoms with van der Waals surface area (Å²) in [4.78, 5) is 18.5. The van der Waals surface area contributed by atoms with Crippen molar-refractivity contribution in [2.45, 2.75) is 13.8 Å². The van der Waals surface area contributed by atoms with Crippen LogP contribution in [-0.4, -0.2) is 37.3 Å². The number of aliphatic imine (C=N–C) groups is 1. The fourth-order valence-corrected chi connectivity index (χ4v) is 2.04. The highest BCUT2D eigenvalue weighted by Gasteiger charge is 2.26. The summed E-state index contributed by atoms with van der Waals surface area (Å²) in [7, 11) is 3.11. The third-order valence-corrected chi connectivity index (χ3v) is 3.17. The third kappa shape index (κ3) is 3.24. The van der Waals surface area contributed by atoms with Crippen molar-refractivity contribution >= 4 is 18.0 Å². The molecule has 0 aliphatic heterocycles. The molecule has 2 rings (SSSR count).